The van der Waals surface area contributed by atoms with Crippen molar-refractivity contribution >= 4 is 29.2 Å². The second-order valence-corrected chi connectivity index (χ2v) is 9.23. The lowest BCUT2D eigenvalue weighted by Gasteiger charge is -2.20. The molecule has 0 radical (unpaired) electrons. The fraction of sp³-hybridized carbons (Fsp3) is 0.0714. The molecule has 0 aliphatic rings. The summed E-state index contributed by atoms with van der Waals surface area (Å²) in [5.41, 5.74) is 2.31. The Morgan fingerprint density at radius 2 is 1.75 bits per heavy atom. The average molecular weight is 559 g/mol. The van der Waals surface area contributed by atoms with E-state index in [0.717, 1.165) is 0 Å². The zero-order valence-corrected chi connectivity index (χ0v) is 21.4. The van der Waals surface area contributed by atoms with Crippen LogP contribution in [0.3, 0.4) is 0 Å². The minimum absolute atomic E-state index is 0.0646. The number of hydrogen-bond donors (Lipinski definition) is 2. The average Bonchev–Trinajstić information content (AvgIpc) is 3.48. The lowest BCUT2D eigenvalue weighted by molar-refractivity contribution is -0.119. The molecule has 5 rings (SSSR count). The van der Waals surface area contributed by atoms with Crippen molar-refractivity contribution in [2.75, 3.05) is 5.32 Å². The highest BCUT2D eigenvalue weighted by Crippen LogP contribution is 2.29. The fourth-order valence-corrected chi connectivity index (χ4v) is 4.38. The van der Waals surface area contributed by atoms with Gasteiger partial charge in [-0.1, -0.05) is 23.7 Å². The molecule has 2 aromatic heterocycles. The van der Waals surface area contributed by atoms with Gasteiger partial charge in [0.2, 0.25) is 5.91 Å². The molecule has 10 nitrogen and oxygen atoms in total. The molecule has 5 aromatic rings. The highest BCUT2D eigenvalue weighted by molar-refractivity contribution is 6.31. The number of carboxylic acids is 1. The van der Waals surface area contributed by atoms with Crippen LogP contribution in [0.2, 0.25) is 5.02 Å². The van der Waals surface area contributed by atoms with E-state index in [9.17, 15) is 18.8 Å². The third-order valence-electron chi connectivity index (χ3n) is 6.19. The lowest BCUT2D eigenvalue weighted by atomic mass is 10.0. The Morgan fingerprint density at radius 1 is 1.00 bits per heavy atom. The van der Waals surface area contributed by atoms with Crippen LogP contribution < -0.4 is 10.9 Å². The SMILES string of the molecule is O=C(O)c1ccc(NC(=O)C(Cc2ccc(F)cc2)n2ccc(-c3cc(Cl)ccc3-n3cnnn3)cc2=O)cc1. The normalized spacial score (nSPS) is 11.7. The second-order valence-electron chi connectivity index (χ2n) is 8.79. The van der Waals surface area contributed by atoms with Crippen LogP contribution in [-0.4, -0.2) is 41.8 Å². The van der Waals surface area contributed by atoms with E-state index in [1.165, 1.54) is 64.2 Å². The number of hydrogen-bond acceptors (Lipinski definition) is 6. The molecule has 0 fully saturated rings. The van der Waals surface area contributed by atoms with Gasteiger partial charge in [0.25, 0.3) is 5.56 Å². The van der Waals surface area contributed by atoms with Crippen LogP contribution in [0.5, 0.6) is 0 Å². The van der Waals surface area contributed by atoms with Gasteiger partial charge in [0.15, 0.2) is 0 Å². The summed E-state index contributed by atoms with van der Waals surface area (Å²) >= 11 is 6.24. The van der Waals surface area contributed by atoms with Crippen molar-refractivity contribution in [1.82, 2.24) is 24.8 Å². The van der Waals surface area contributed by atoms with E-state index in [4.69, 9.17) is 16.7 Å². The van der Waals surface area contributed by atoms with E-state index in [1.54, 1.807) is 36.4 Å². The van der Waals surface area contributed by atoms with Crippen molar-refractivity contribution in [2.24, 2.45) is 0 Å². The number of amides is 1. The van der Waals surface area contributed by atoms with Gasteiger partial charge in [-0.05, 0) is 82.2 Å². The van der Waals surface area contributed by atoms with Gasteiger partial charge in [-0.25, -0.2) is 9.18 Å². The minimum Gasteiger partial charge on any atom is -0.478 e. The minimum atomic E-state index is -1.10. The summed E-state index contributed by atoms with van der Waals surface area (Å²) in [7, 11) is 0. The van der Waals surface area contributed by atoms with Crippen LogP contribution in [0.25, 0.3) is 16.8 Å². The highest BCUT2D eigenvalue weighted by atomic mass is 35.5. The Bertz CT molecular complexity index is 1740. The Kier molecular flexibility index (Phi) is 7.47. The summed E-state index contributed by atoms with van der Waals surface area (Å²) in [5, 5.41) is 23.5. The number of aromatic carboxylic acids is 1. The number of aromatic nitrogens is 5. The van der Waals surface area contributed by atoms with Gasteiger partial charge in [-0.3, -0.25) is 9.59 Å². The molecular weight excluding hydrogens is 539 g/mol. The van der Waals surface area contributed by atoms with Crippen LogP contribution in [0, 0.1) is 5.82 Å². The molecule has 1 amide bonds. The van der Waals surface area contributed by atoms with Gasteiger partial charge in [0, 0.05) is 35.0 Å². The van der Waals surface area contributed by atoms with E-state index < -0.39 is 29.3 Å². The van der Waals surface area contributed by atoms with E-state index >= 15 is 0 Å². The predicted molar refractivity (Wildman–Crippen MR) is 145 cm³/mol. The van der Waals surface area contributed by atoms with Crippen molar-refractivity contribution < 1.29 is 19.1 Å². The summed E-state index contributed by atoms with van der Waals surface area (Å²) < 4.78 is 16.2. The molecule has 40 heavy (non-hydrogen) atoms. The quantitative estimate of drug-likeness (QED) is 0.288. The Hall–Kier alpha value is -5.16. The number of carboxylic acid groups (broad SMARTS) is 1. The zero-order chi connectivity index (χ0) is 28.2. The molecule has 0 spiro atoms. The number of tetrazole rings is 1. The van der Waals surface area contributed by atoms with Crippen molar-refractivity contribution in [3.05, 3.63) is 124 Å². The van der Waals surface area contributed by atoms with Gasteiger partial charge < -0.3 is 15.0 Å². The second kappa shape index (κ2) is 11.3. The smallest absolute Gasteiger partial charge is 0.335 e. The van der Waals surface area contributed by atoms with Crippen LogP contribution in [0.15, 0.2) is 96.2 Å². The molecule has 1 atom stereocenters. The molecule has 0 aliphatic carbocycles. The lowest BCUT2D eigenvalue weighted by Crippen LogP contribution is -2.34. The highest BCUT2D eigenvalue weighted by Gasteiger charge is 2.23. The molecule has 200 valence electrons. The third-order valence-corrected chi connectivity index (χ3v) is 6.43. The number of rotatable bonds is 8. The predicted octanol–water partition coefficient (Wildman–Crippen LogP) is 4.40. The van der Waals surface area contributed by atoms with Gasteiger partial charge in [-0.2, -0.15) is 4.68 Å². The zero-order valence-electron chi connectivity index (χ0n) is 20.6. The molecule has 3 aromatic carbocycles. The number of halogens is 2. The number of nitrogens with zero attached hydrogens (tertiary/aromatic N) is 5. The molecular formula is C28H20ClFN6O4. The molecule has 12 heteroatoms. The van der Waals surface area contributed by atoms with Crippen LogP contribution in [0.1, 0.15) is 22.0 Å². The summed E-state index contributed by atoms with van der Waals surface area (Å²) in [6, 6.07) is 18.4. The van der Waals surface area contributed by atoms with Crippen molar-refractivity contribution in [3.8, 4) is 16.8 Å². The molecule has 0 bridgehead atoms. The maximum atomic E-state index is 13.5. The van der Waals surface area contributed by atoms with E-state index in [2.05, 4.69) is 20.8 Å². The first kappa shape index (κ1) is 26.4. The van der Waals surface area contributed by atoms with Gasteiger partial charge in [0.05, 0.1) is 11.3 Å². The summed E-state index contributed by atoms with van der Waals surface area (Å²) in [5.74, 6) is -2.04. The topological polar surface area (TPSA) is 132 Å². The number of carbonyl (C=O) groups excluding carboxylic acids is 1. The number of pyridine rings is 1. The Labute approximate surface area is 231 Å². The van der Waals surface area contributed by atoms with Crippen molar-refractivity contribution in [1.29, 1.82) is 0 Å². The Balaban J connectivity index is 1.51. The van der Waals surface area contributed by atoms with Gasteiger partial charge >= 0.3 is 5.97 Å². The third kappa shape index (κ3) is 5.79. The standard InChI is InChI=1S/C28H20ClFN6O4/c29-20-5-10-24(36-16-31-33-34-36)23(15-20)19-11-12-35(26(37)14-19)25(13-17-1-6-21(30)7-2-17)27(38)32-22-8-3-18(4-9-22)28(39)40/h1-12,14-16,25H,13H2,(H,32,38)(H,39,40). The Morgan fingerprint density at radius 3 is 2.40 bits per heavy atom. The van der Waals surface area contributed by atoms with E-state index in [-0.39, 0.29) is 12.0 Å². The van der Waals surface area contributed by atoms with Gasteiger partial charge in [-0.15, -0.1) is 5.10 Å². The number of benzene rings is 3. The largest absolute Gasteiger partial charge is 0.478 e. The summed E-state index contributed by atoms with van der Waals surface area (Å²) in [6.07, 6.45) is 3.01. The van der Waals surface area contributed by atoms with E-state index in [0.29, 0.717) is 33.1 Å². The van der Waals surface area contributed by atoms with Crippen LogP contribution in [0.4, 0.5) is 10.1 Å². The fourth-order valence-electron chi connectivity index (χ4n) is 4.21. The first-order valence-electron chi connectivity index (χ1n) is 11.9. The summed E-state index contributed by atoms with van der Waals surface area (Å²) in [6.45, 7) is 0. The van der Waals surface area contributed by atoms with Crippen LogP contribution in [-0.2, 0) is 11.2 Å². The molecule has 0 aliphatic heterocycles. The molecule has 0 saturated heterocycles. The number of carbonyl (C=O) groups is 2. The molecule has 0 saturated carbocycles. The summed E-state index contributed by atoms with van der Waals surface area (Å²) in [4.78, 5) is 38.1. The number of anilines is 1. The van der Waals surface area contributed by atoms with E-state index in [1.807, 2.05) is 0 Å². The van der Waals surface area contributed by atoms with Crippen molar-refractivity contribution in [3.63, 3.8) is 0 Å². The maximum absolute atomic E-state index is 13.5. The first-order chi connectivity index (χ1) is 19.3. The van der Waals surface area contributed by atoms with Crippen molar-refractivity contribution in [2.45, 2.75) is 12.5 Å². The molecule has 1 unspecified atom stereocenters. The molecule has 2 N–H and O–H groups in total. The maximum Gasteiger partial charge on any atom is 0.335 e. The van der Waals surface area contributed by atoms with Gasteiger partial charge in [0.1, 0.15) is 18.2 Å². The number of nitrogens with one attached hydrogen (secondary N) is 1. The van der Waals surface area contributed by atoms with Crippen LogP contribution >= 0.6 is 11.6 Å². The molecule has 2 heterocycles. The monoisotopic (exact) mass is 558 g/mol. The first-order valence-corrected chi connectivity index (χ1v) is 12.3.